The average molecular weight is 243 g/mol. The van der Waals surface area contributed by atoms with Gasteiger partial charge in [-0.15, -0.1) is 0 Å². The van der Waals surface area contributed by atoms with Gasteiger partial charge in [-0.1, -0.05) is 0 Å². The van der Waals surface area contributed by atoms with Gasteiger partial charge in [0.2, 0.25) is 0 Å². The Bertz CT molecular complexity index is 344. The van der Waals surface area contributed by atoms with Gasteiger partial charge in [0.1, 0.15) is 5.72 Å². The number of urea groups is 1. The molecule has 2 aliphatic heterocycles. The van der Waals surface area contributed by atoms with Crippen molar-refractivity contribution >= 4 is 12.1 Å². The SMILES string of the molecule is COC(=O)NC(=O)N1[C@H]2CN[C@@H](C2)CC1(C)O. The Morgan fingerprint density at radius 1 is 1.59 bits per heavy atom. The first-order chi connectivity index (χ1) is 7.94. The number of hydrogen-bond donors (Lipinski definition) is 3. The van der Waals surface area contributed by atoms with E-state index in [1.165, 1.54) is 12.0 Å². The van der Waals surface area contributed by atoms with E-state index in [-0.39, 0.29) is 12.1 Å². The maximum atomic E-state index is 11.9. The lowest BCUT2D eigenvalue weighted by Crippen LogP contribution is -2.61. The molecule has 0 saturated carbocycles. The minimum atomic E-state index is -1.24. The predicted octanol–water partition coefficient (Wildman–Crippen LogP) is -0.393. The van der Waals surface area contributed by atoms with Crippen LogP contribution in [-0.2, 0) is 4.74 Å². The molecule has 2 saturated heterocycles. The highest BCUT2D eigenvalue weighted by molar-refractivity contribution is 5.91. The van der Waals surface area contributed by atoms with E-state index in [2.05, 4.69) is 15.4 Å². The van der Waals surface area contributed by atoms with Crippen molar-refractivity contribution < 1.29 is 19.4 Å². The summed E-state index contributed by atoms with van der Waals surface area (Å²) in [6.07, 6.45) is 0.432. The normalized spacial score (nSPS) is 35.6. The van der Waals surface area contributed by atoms with Crippen LogP contribution < -0.4 is 10.6 Å². The zero-order valence-corrected chi connectivity index (χ0v) is 9.90. The first-order valence-electron chi connectivity index (χ1n) is 5.58. The smallest absolute Gasteiger partial charge is 0.415 e. The van der Waals surface area contributed by atoms with Gasteiger partial charge in [-0.2, -0.15) is 0 Å². The van der Waals surface area contributed by atoms with Crippen LogP contribution in [0.2, 0.25) is 0 Å². The fourth-order valence-corrected chi connectivity index (χ4v) is 2.69. The number of carbonyl (C=O) groups excluding carboxylic acids is 2. The summed E-state index contributed by atoms with van der Waals surface area (Å²) in [5.41, 5.74) is -1.24. The number of nitrogens with one attached hydrogen (secondary N) is 2. The third-order valence-corrected chi connectivity index (χ3v) is 3.33. The third-order valence-electron chi connectivity index (χ3n) is 3.33. The molecular formula is C10H17N3O4. The third kappa shape index (κ3) is 2.20. The van der Waals surface area contributed by atoms with Crippen LogP contribution in [0.15, 0.2) is 0 Å². The number of nitrogens with zero attached hydrogens (tertiary/aromatic N) is 1. The lowest BCUT2D eigenvalue weighted by Gasteiger charge is -2.44. The molecule has 2 fully saturated rings. The number of piperidine rings is 1. The largest absolute Gasteiger partial charge is 0.453 e. The fraction of sp³-hybridized carbons (Fsp3) is 0.800. The van der Waals surface area contributed by atoms with E-state index >= 15 is 0 Å². The molecule has 0 aromatic carbocycles. The molecule has 96 valence electrons. The topological polar surface area (TPSA) is 90.9 Å². The van der Waals surface area contributed by atoms with Crippen molar-refractivity contribution in [3.8, 4) is 0 Å². The summed E-state index contributed by atoms with van der Waals surface area (Å²) in [4.78, 5) is 24.2. The maximum absolute atomic E-state index is 11.9. The van der Waals surface area contributed by atoms with Crippen molar-refractivity contribution in [2.45, 2.75) is 37.6 Å². The number of rotatable bonds is 0. The molecule has 2 bridgehead atoms. The molecular weight excluding hydrogens is 226 g/mol. The van der Waals surface area contributed by atoms with Crippen LogP contribution in [0.3, 0.4) is 0 Å². The zero-order chi connectivity index (χ0) is 12.6. The molecule has 0 aliphatic carbocycles. The number of methoxy groups -OCH3 is 1. The molecule has 17 heavy (non-hydrogen) atoms. The van der Waals surface area contributed by atoms with Gasteiger partial charge < -0.3 is 15.2 Å². The summed E-state index contributed by atoms with van der Waals surface area (Å²) >= 11 is 0. The number of imide groups is 1. The number of likely N-dealkylation sites (tertiary alicyclic amines) is 1. The van der Waals surface area contributed by atoms with Crippen molar-refractivity contribution in [1.82, 2.24) is 15.5 Å². The van der Waals surface area contributed by atoms with Crippen LogP contribution >= 0.6 is 0 Å². The van der Waals surface area contributed by atoms with E-state index in [0.29, 0.717) is 13.0 Å². The Labute approximate surface area is 99.1 Å². The van der Waals surface area contributed by atoms with Crippen LogP contribution in [-0.4, -0.2) is 53.6 Å². The second kappa shape index (κ2) is 4.15. The van der Waals surface area contributed by atoms with Gasteiger partial charge in [0.25, 0.3) is 0 Å². The van der Waals surface area contributed by atoms with Crippen molar-refractivity contribution in [1.29, 1.82) is 0 Å². The average Bonchev–Trinajstić information content (AvgIpc) is 2.59. The first-order valence-corrected chi connectivity index (χ1v) is 5.58. The molecule has 3 N–H and O–H groups in total. The van der Waals surface area contributed by atoms with Gasteiger partial charge in [0.15, 0.2) is 0 Å². The van der Waals surface area contributed by atoms with E-state index in [9.17, 15) is 14.7 Å². The number of carbonyl (C=O) groups is 2. The number of ether oxygens (including phenoxy) is 1. The molecule has 1 unspecified atom stereocenters. The highest BCUT2D eigenvalue weighted by Crippen LogP contribution is 2.33. The number of fused-ring (bicyclic) bond motifs is 2. The van der Waals surface area contributed by atoms with Gasteiger partial charge in [0, 0.05) is 19.0 Å². The quantitative estimate of drug-likeness (QED) is 0.539. The molecule has 2 aliphatic rings. The molecule has 0 aromatic rings. The van der Waals surface area contributed by atoms with Gasteiger partial charge in [0.05, 0.1) is 13.2 Å². The maximum Gasteiger partial charge on any atom is 0.415 e. The summed E-state index contributed by atoms with van der Waals surface area (Å²) in [7, 11) is 1.18. The van der Waals surface area contributed by atoms with E-state index in [4.69, 9.17) is 0 Å². The lowest BCUT2D eigenvalue weighted by molar-refractivity contribution is -0.104. The summed E-state index contributed by atoms with van der Waals surface area (Å²) in [5, 5.41) is 15.5. The van der Waals surface area contributed by atoms with Crippen LogP contribution in [0.5, 0.6) is 0 Å². The molecule has 0 spiro atoms. The van der Waals surface area contributed by atoms with Crippen LogP contribution in [0, 0.1) is 0 Å². The Morgan fingerprint density at radius 2 is 2.29 bits per heavy atom. The molecule has 2 rings (SSSR count). The lowest BCUT2D eigenvalue weighted by atomic mass is 9.94. The monoisotopic (exact) mass is 243 g/mol. The van der Waals surface area contributed by atoms with E-state index in [0.717, 1.165) is 6.42 Å². The summed E-state index contributed by atoms with van der Waals surface area (Å²) in [6, 6.07) is -0.473. The highest BCUT2D eigenvalue weighted by atomic mass is 16.5. The zero-order valence-electron chi connectivity index (χ0n) is 9.90. The van der Waals surface area contributed by atoms with Crippen LogP contribution in [0.4, 0.5) is 9.59 Å². The van der Waals surface area contributed by atoms with E-state index in [1.807, 2.05) is 0 Å². The Balaban J connectivity index is 2.11. The van der Waals surface area contributed by atoms with Gasteiger partial charge >= 0.3 is 12.1 Å². The molecule has 2 heterocycles. The molecule has 3 amide bonds. The van der Waals surface area contributed by atoms with Gasteiger partial charge in [-0.25, -0.2) is 14.9 Å². The standard InChI is InChI=1S/C10H17N3O4/c1-10(16)4-6-3-7(5-11-6)13(10)8(14)12-9(15)17-2/h6-7,11,16H,3-5H2,1-2H3,(H,12,14,15)/t6-,7+,10?/m0/s1. The van der Waals surface area contributed by atoms with Crippen molar-refractivity contribution in [2.24, 2.45) is 0 Å². The Hall–Kier alpha value is -1.34. The molecule has 0 aromatic heterocycles. The van der Waals surface area contributed by atoms with Crippen molar-refractivity contribution in [3.05, 3.63) is 0 Å². The van der Waals surface area contributed by atoms with Gasteiger partial charge in [-0.3, -0.25) is 4.90 Å². The fourth-order valence-electron chi connectivity index (χ4n) is 2.69. The van der Waals surface area contributed by atoms with Crippen LogP contribution in [0.25, 0.3) is 0 Å². The van der Waals surface area contributed by atoms with Gasteiger partial charge in [-0.05, 0) is 13.3 Å². The minimum Gasteiger partial charge on any atom is -0.453 e. The number of alkyl carbamates (subject to hydrolysis) is 1. The molecule has 0 radical (unpaired) electrons. The van der Waals surface area contributed by atoms with E-state index in [1.54, 1.807) is 6.92 Å². The molecule has 3 atom stereocenters. The Morgan fingerprint density at radius 3 is 2.94 bits per heavy atom. The van der Waals surface area contributed by atoms with Crippen molar-refractivity contribution in [2.75, 3.05) is 13.7 Å². The second-order valence-corrected chi connectivity index (χ2v) is 4.71. The Kier molecular flexibility index (Phi) is 2.96. The summed E-state index contributed by atoms with van der Waals surface area (Å²) in [5.74, 6) is 0. The van der Waals surface area contributed by atoms with Crippen LogP contribution in [0.1, 0.15) is 19.8 Å². The number of aliphatic hydroxyl groups is 1. The predicted molar refractivity (Wildman–Crippen MR) is 58.2 cm³/mol. The summed E-state index contributed by atoms with van der Waals surface area (Å²) in [6.45, 7) is 2.21. The molecule has 7 nitrogen and oxygen atoms in total. The molecule has 7 heteroatoms. The highest BCUT2D eigenvalue weighted by Gasteiger charge is 2.48. The number of amides is 3. The van der Waals surface area contributed by atoms with E-state index < -0.39 is 17.8 Å². The first kappa shape index (κ1) is 12.1. The number of hydrogen-bond acceptors (Lipinski definition) is 5. The van der Waals surface area contributed by atoms with Crippen molar-refractivity contribution in [3.63, 3.8) is 0 Å². The minimum absolute atomic E-state index is 0.0894. The summed E-state index contributed by atoms with van der Waals surface area (Å²) < 4.78 is 4.36. The second-order valence-electron chi connectivity index (χ2n) is 4.71.